The fourth-order valence-electron chi connectivity index (χ4n) is 2.13. The maximum atomic E-state index is 12.2. The van der Waals surface area contributed by atoms with Crippen LogP contribution in [0.2, 0.25) is 4.34 Å². The summed E-state index contributed by atoms with van der Waals surface area (Å²) in [6, 6.07) is 3.21. The summed E-state index contributed by atoms with van der Waals surface area (Å²) in [5, 5.41) is 2.85. The molecule has 0 spiro atoms. The van der Waals surface area contributed by atoms with Crippen LogP contribution in [0.25, 0.3) is 0 Å². The van der Waals surface area contributed by atoms with Gasteiger partial charge in [-0.1, -0.05) is 30.0 Å². The second-order valence-electron chi connectivity index (χ2n) is 5.06. The fraction of sp³-hybridized carbons (Fsp3) is 0.375. The summed E-state index contributed by atoms with van der Waals surface area (Å²) in [5.41, 5.74) is 0. The Morgan fingerprint density at radius 3 is 2.57 bits per heavy atom. The SMILES string of the molecule is C=CC(=O)N1CCN(C(=O)NC(C)C#Cc2ccc(Cl)s2)CC1. The minimum atomic E-state index is -0.267. The van der Waals surface area contributed by atoms with Crippen molar-refractivity contribution >= 4 is 34.9 Å². The van der Waals surface area contributed by atoms with Crippen LogP contribution in [0.4, 0.5) is 4.79 Å². The van der Waals surface area contributed by atoms with Gasteiger partial charge in [-0.3, -0.25) is 4.79 Å². The predicted octanol–water partition coefficient (Wildman–Crippen LogP) is 2.18. The molecular formula is C16H18ClN3O2S. The van der Waals surface area contributed by atoms with Crippen molar-refractivity contribution in [3.05, 3.63) is 34.0 Å². The van der Waals surface area contributed by atoms with E-state index in [1.54, 1.807) is 15.9 Å². The molecule has 0 saturated carbocycles. The zero-order valence-corrected chi connectivity index (χ0v) is 14.4. The van der Waals surface area contributed by atoms with Crippen molar-refractivity contribution in [3.63, 3.8) is 0 Å². The van der Waals surface area contributed by atoms with Crippen LogP contribution in [0.1, 0.15) is 11.8 Å². The molecule has 0 aliphatic carbocycles. The lowest BCUT2D eigenvalue weighted by Crippen LogP contribution is -2.53. The fourth-order valence-corrected chi connectivity index (χ4v) is 3.04. The smallest absolute Gasteiger partial charge is 0.318 e. The van der Waals surface area contributed by atoms with E-state index in [0.717, 1.165) is 4.88 Å². The third kappa shape index (κ3) is 5.02. The lowest BCUT2D eigenvalue weighted by Gasteiger charge is -2.34. The minimum absolute atomic E-state index is 0.0982. The highest BCUT2D eigenvalue weighted by Gasteiger charge is 2.23. The van der Waals surface area contributed by atoms with Gasteiger partial charge in [0.15, 0.2) is 0 Å². The summed E-state index contributed by atoms with van der Waals surface area (Å²) in [4.78, 5) is 27.9. The Bertz CT molecular complexity index is 654. The molecular weight excluding hydrogens is 334 g/mol. The van der Waals surface area contributed by atoms with Crippen LogP contribution in [0.3, 0.4) is 0 Å². The molecule has 1 saturated heterocycles. The van der Waals surface area contributed by atoms with E-state index < -0.39 is 0 Å². The normalized spacial score (nSPS) is 15.4. The number of halogens is 1. The maximum Gasteiger partial charge on any atom is 0.318 e. The van der Waals surface area contributed by atoms with Crippen LogP contribution in [-0.4, -0.2) is 54.0 Å². The first-order chi connectivity index (χ1) is 11.0. The highest BCUT2D eigenvalue weighted by molar-refractivity contribution is 7.16. The largest absolute Gasteiger partial charge is 0.336 e. The van der Waals surface area contributed by atoms with Gasteiger partial charge in [-0.25, -0.2) is 4.79 Å². The average molecular weight is 352 g/mol. The van der Waals surface area contributed by atoms with Gasteiger partial charge in [-0.15, -0.1) is 11.3 Å². The van der Waals surface area contributed by atoms with Crippen LogP contribution in [-0.2, 0) is 4.79 Å². The number of nitrogens with one attached hydrogen (secondary N) is 1. The van der Waals surface area contributed by atoms with E-state index in [4.69, 9.17) is 11.6 Å². The summed E-state index contributed by atoms with van der Waals surface area (Å²) in [6.45, 7) is 7.35. The summed E-state index contributed by atoms with van der Waals surface area (Å²) in [7, 11) is 0. The zero-order chi connectivity index (χ0) is 16.8. The monoisotopic (exact) mass is 351 g/mol. The first kappa shape index (κ1) is 17.4. The molecule has 0 aromatic carbocycles. The number of amides is 3. The van der Waals surface area contributed by atoms with Crippen LogP contribution in [0, 0.1) is 11.8 Å². The lowest BCUT2D eigenvalue weighted by molar-refractivity contribution is -0.127. The molecule has 0 bridgehead atoms. The molecule has 23 heavy (non-hydrogen) atoms. The van der Waals surface area contributed by atoms with Crippen molar-refractivity contribution in [1.29, 1.82) is 0 Å². The number of nitrogens with zero attached hydrogens (tertiary/aromatic N) is 2. The van der Waals surface area contributed by atoms with E-state index >= 15 is 0 Å². The molecule has 1 aliphatic rings. The number of piperazine rings is 1. The molecule has 1 aromatic heterocycles. The summed E-state index contributed by atoms with van der Waals surface area (Å²) in [5.74, 6) is 5.88. The number of urea groups is 1. The summed E-state index contributed by atoms with van der Waals surface area (Å²) in [6.07, 6.45) is 1.30. The second-order valence-corrected chi connectivity index (χ2v) is 6.78. The van der Waals surface area contributed by atoms with Gasteiger partial charge in [0.1, 0.15) is 0 Å². The molecule has 7 heteroatoms. The molecule has 1 fully saturated rings. The molecule has 1 N–H and O–H groups in total. The van der Waals surface area contributed by atoms with E-state index in [0.29, 0.717) is 30.5 Å². The molecule has 2 heterocycles. The Balaban J connectivity index is 1.82. The summed E-state index contributed by atoms with van der Waals surface area (Å²) >= 11 is 7.25. The molecule has 1 atom stereocenters. The standard InChI is InChI=1S/C16H18ClN3O2S/c1-3-15(21)19-8-10-20(11-9-19)16(22)18-12(2)4-5-13-6-7-14(17)23-13/h3,6-7,12H,1,8-11H2,2H3,(H,18,22). The third-order valence-corrected chi connectivity index (χ3v) is 4.52. The number of carbonyl (C=O) groups excluding carboxylic acids is 2. The topological polar surface area (TPSA) is 52.7 Å². The first-order valence-electron chi connectivity index (χ1n) is 7.23. The van der Waals surface area contributed by atoms with Crippen LogP contribution >= 0.6 is 22.9 Å². The Labute approximate surface area is 144 Å². The van der Waals surface area contributed by atoms with E-state index in [1.807, 2.05) is 13.0 Å². The van der Waals surface area contributed by atoms with Gasteiger partial charge < -0.3 is 15.1 Å². The quantitative estimate of drug-likeness (QED) is 0.656. The molecule has 1 unspecified atom stereocenters. The molecule has 3 amide bonds. The average Bonchev–Trinajstić information content (AvgIpc) is 2.97. The first-order valence-corrected chi connectivity index (χ1v) is 8.42. The summed E-state index contributed by atoms with van der Waals surface area (Å²) < 4.78 is 0.693. The molecule has 5 nitrogen and oxygen atoms in total. The zero-order valence-electron chi connectivity index (χ0n) is 12.8. The third-order valence-electron chi connectivity index (χ3n) is 3.38. The predicted molar refractivity (Wildman–Crippen MR) is 92.6 cm³/mol. The number of hydrogen-bond donors (Lipinski definition) is 1. The van der Waals surface area contributed by atoms with Gasteiger partial charge in [0, 0.05) is 26.2 Å². The van der Waals surface area contributed by atoms with Crippen LogP contribution in [0.15, 0.2) is 24.8 Å². The van der Waals surface area contributed by atoms with Crippen molar-refractivity contribution in [1.82, 2.24) is 15.1 Å². The molecule has 1 aliphatic heterocycles. The van der Waals surface area contributed by atoms with E-state index in [1.165, 1.54) is 17.4 Å². The van der Waals surface area contributed by atoms with Crippen molar-refractivity contribution in [2.24, 2.45) is 0 Å². The second kappa shape index (κ2) is 8.04. The Morgan fingerprint density at radius 1 is 1.35 bits per heavy atom. The molecule has 1 aromatic rings. The van der Waals surface area contributed by atoms with Gasteiger partial charge in [0.25, 0.3) is 0 Å². The maximum absolute atomic E-state index is 12.2. The van der Waals surface area contributed by atoms with Crippen molar-refractivity contribution in [3.8, 4) is 11.8 Å². The van der Waals surface area contributed by atoms with Gasteiger partial charge in [-0.2, -0.15) is 0 Å². The Morgan fingerprint density at radius 2 is 2.00 bits per heavy atom. The molecule has 122 valence electrons. The van der Waals surface area contributed by atoms with Gasteiger partial charge in [0.2, 0.25) is 5.91 Å². The molecule has 2 rings (SSSR count). The van der Waals surface area contributed by atoms with Crippen molar-refractivity contribution < 1.29 is 9.59 Å². The van der Waals surface area contributed by atoms with Gasteiger partial charge >= 0.3 is 6.03 Å². The lowest BCUT2D eigenvalue weighted by atomic mass is 10.3. The van der Waals surface area contributed by atoms with Crippen molar-refractivity contribution in [2.75, 3.05) is 26.2 Å². The highest BCUT2D eigenvalue weighted by atomic mass is 35.5. The Hall–Kier alpha value is -1.97. The minimum Gasteiger partial charge on any atom is -0.336 e. The van der Waals surface area contributed by atoms with E-state index in [9.17, 15) is 9.59 Å². The Kier molecular flexibility index (Phi) is 6.08. The van der Waals surface area contributed by atoms with Crippen LogP contribution in [0.5, 0.6) is 0 Å². The highest BCUT2D eigenvalue weighted by Crippen LogP contribution is 2.20. The van der Waals surface area contributed by atoms with Gasteiger partial charge in [0.05, 0.1) is 15.3 Å². The number of hydrogen-bond acceptors (Lipinski definition) is 3. The number of carbonyl (C=O) groups is 2. The molecule has 0 radical (unpaired) electrons. The van der Waals surface area contributed by atoms with Crippen molar-refractivity contribution in [2.45, 2.75) is 13.0 Å². The number of thiophene rings is 1. The van der Waals surface area contributed by atoms with Gasteiger partial charge in [-0.05, 0) is 25.1 Å². The van der Waals surface area contributed by atoms with E-state index in [-0.39, 0.29) is 18.0 Å². The van der Waals surface area contributed by atoms with E-state index in [2.05, 4.69) is 23.7 Å². The number of rotatable bonds is 2. The van der Waals surface area contributed by atoms with Crippen LogP contribution < -0.4 is 5.32 Å².